The third-order valence-electron chi connectivity index (χ3n) is 1.99. The summed E-state index contributed by atoms with van der Waals surface area (Å²) in [5.74, 6) is 0. The molecule has 0 fully saturated rings. The van der Waals surface area contributed by atoms with Crippen LogP contribution in [0, 0.1) is 11.5 Å². The maximum atomic E-state index is 8.61. The fourth-order valence-corrected chi connectivity index (χ4v) is 1.90. The predicted molar refractivity (Wildman–Crippen MR) is 41.0 cm³/mol. The van der Waals surface area contributed by atoms with E-state index < -0.39 is 0 Å². The van der Waals surface area contributed by atoms with Crippen molar-refractivity contribution in [3.63, 3.8) is 0 Å². The summed E-state index contributed by atoms with van der Waals surface area (Å²) in [7, 11) is 0. The predicted octanol–water partition coefficient (Wildman–Crippen LogP) is -0.924. The number of hydrogen-bond donors (Lipinski definition) is 0. The van der Waals surface area contributed by atoms with E-state index in [1.807, 2.05) is 9.86 Å². The fraction of sp³-hybridized carbons (Fsp3) is 0.333. The van der Waals surface area contributed by atoms with E-state index in [4.69, 9.17) is 5.26 Å². The number of hydrogen-bond acceptors (Lipinski definition) is 3. The van der Waals surface area contributed by atoms with Gasteiger partial charge in [0.15, 0.2) is 6.19 Å². The molecule has 5 heteroatoms. The van der Waals surface area contributed by atoms with Crippen LogP contribution in [0.5, 0.6) is 0 Å². The van der Waals surface area contributed by atoms with Gasteiger partial charge in [-0.05, 0) is 0 Å². The van der Waals surface area contributed by atoms with Crippen molar-refractivity contribution in [3.05, 3.63) is 17.5 Å². The highest BCUT2D eigenvalue weighted by Crippen LogP contribution is 2.19. The van der Waals surface area contributed by atoms with Crippen LogP contribution in [-0.4, -0.2) is 30.2 Å². The first-order chi connectivity index (χ1) is 5.31. The van der Waals surface area contributed by atoms with Crippen LogP contribution in [0.15, 0.2) is 6.20 Å². The van der Waals surface area contributed by atoms with E-state index in [-0.39, 0.29) is 0 Å². The number of aromatic nitrogens is 2. The van der Waals surface area contributed by atoms with E-state index in [0.29, 0.717) is 0 Å². The molecule has 1 aliphatic heterocycles. The lowest BCUT2D eigenvalue weighted by Crippen LogP contribution is -2.10. The normalized spacial score (nSPS) is 14.6. The molecule has 0 aromatic carbocycles. The van der Waals surface area contributed by atoms with Crippen molar-refractivity contribution in [3.8, 4) is 6.19 Å². The molecule has 54 valence electrons. The summed E-state index contributed by atoms with van der Waals surface area (Å²) in [6.07, 6.45) is 3.99. The van der Waals surface area contributed by atoms with E-state index >= 15 is 0 Å². The van der Waals surface area contributed by atoms with Crippen LogP contribution in [0.3, 0.4) is 0 Å². The second-order valence-electron chi connectivity index (χ2n) is 2.70. The van der Waals surface area contributed by atoms with Crippen LogP contribution in [0.4, 0.5) is 0 Å². The van der Waals surface area contributed by atoms with E-state index in [1.165, 1.54) is 11.3 Å². The van der Waals surface area contributed by atoms with Gasteiger partial charge >= 0.3 is 16.5 Å². The molecule has 0 bridgehead atoms. The van der Waals surface area contributed by atoms with Gasteiger partial charge in [0.25, 0.3) is 0 Å². The molecule has 2 heterocycles. The molecule has 0 saturated heterocycles. The second-order valence-corrected chi connectivity index (χ2v) is 3.54. The highest BCUT2D eigenvalue weighted by molar-refractivity contribution is 6.06. The Morgan fingerprint density at radius 3 is 3.09 bits per heavy atom. The SMILES string of the molecule is N#CN1Cc2cn[n]([AlH2])c2C1. The minimum Gasteiger partial charge on any atom is -0.370 e. The molecule has 0 N–H and O–H groups in total. The van der Waals surface area contributed by atoms with Crippen molar-refractivity contribution in [2.75, 3.05) is 0 Å². The lowest BCUT2D eigenvalue weighted by Gasteiger charge is -2.04. The molecule has 0 atom stereocenters. The molecule has 11 heavy (non-hydrogen) atoms. The standard InChI is InChI=1S/C6H5N4.Al.2H/c7-4-10-2-5-1-8-9-6(5)3-10;;;/h1H,2-3H2;;;/q-1;+1;;. The first-order valence-corrected chi connectivity index (χ1v) is 4.35. The molecule has 1 aromatic heterocycles. The monoisotopic (exact) mass is 162 g/mol. The zero-order valence-corrected chi connectivity index (χ0v) is 8.28. The van der Waals surface area contributed by atoms with Gasteiger partial charge in [-0.2, -0.15) is 5.26 Å². The molecule has 0 radical (unpaired) electrons. The van der Waals surface area contributed by atoms with Crippen LogP contribution < -0.4 is 0 Å². The molecule has 1 aliphatic rings. The van der Waals surface area contributed by atoms with Gasteiger partial charge in [0.05, 0.1) is 19.3 Å². The maximum Gasteiger partial charge on any atom is 0.398 e. The third kappa shape index (κ3) is 0.920. The highest BCUT2D eigenvalue weighted by Gasteiger charge is 2.19. The highest BCUT2D eigenvalue weighted by atomic mass is 27.1. The Bertz CT molecular complexity index is 324. The third-order valence-corrected chi connectivity index (χ3v) is 2.76. The molecule has 4 nitrogen and oxygen atoms in total. The molecule has 1 aromatic rings. The first kappa shape index (κ1) is 6.72. The van der Waals surface area contributed by atoms with Crippen LogP contribution in [-0.2, 0) is 13.1 Å². The molecule has 0 amide bonds. The Kier molecular flexibility index (Phi) is 1.39. The van der Waals surface area contributed by atoms with Gasteiger partial charge in [0.1, 0.15) is 0 Å². The van der Waals surface area contributed by atoms with Crippen molar-refractivity contribution in [2.45, 2.75) is 13.1 Å². The zero-order valence-electron chi connectivity index (χ0n) is 6.28. The summed E-state index contributed by atoms with van der Waals surface area (Å²) in [6, 6.07) is 0. The fourth-order valence-electron chi connectivity index (χ4n) is 1.36. The Balaban J connectivity index is 2.36. The molecule has 0 saturated carbocycles. The van der Waals surface area contributed by atoms with Gasteiger partial charge in [-0.3, -0.25) is 0 Å². The molecule has 0 aliphatic carbocycles. The quantitative estimate of drug-likeness (QED) is 0.366. The Labute approximate surface area is 72.7 Å². The molecular formula is C6H7AlN4. The Morgan fingerprint density at radius 2 is 2.45 bits per heavy atom. The van der Waals surface area contributed by atoms with Gasteiger partial charge in [-0.25, -0.2) is 5.10 Å². The summed E-state index contributed by atoms with van der Waals surface area (Å²) in [4.78, 5) is 1.74. The summed E-state index contributed by atoms with van der Waals surface area (Å²) in [5.41, 5.74) is 2.43. The van der Waals surface area contributed by atoms with Crippen LogP contribution in [0.2, 0.25) is 0 Å². The van der Waals surface area contributed by atoms with Gasteiger partial charge < -0.3 is 8.57 Å². The van der Waals surface area contributed by atoms with Crippen LogP contribution in [0.1, 0.15) is 11.3 Å². The lowest BCUT2D eigenvalue weighted by atomic mass is 10.3. The summed E-state index contributed by atoms with van der Waals surface area (Å²) in [5, 5.41) is 12.8. The van der Waals surface area contributed by atoms with E-state index in [0.717, 1.165) is 29.6 Å². The Hall–Kier alpha value is -0.968. The first-order valence-electron chi connectivity index (χ1n) is 3.45. The average molecular weight is 162 g/mol. The van der Waals surface area contributed by atoms with Crippen molar-refractivity contribution in [2.24, 2.45) is 0 Å². The average Bonchev–Trinajstić information content (AvgIpc) is 2.53. The minimum atomic E-state index is 0.744. The Morgan fingerprint density at radius 1 is 1.64 bits per heavy atom. The molecular weight excluding hydrogens is 155 g/mol. The molecule has 0 unspecified atom stereocenters. The number of nitrogens with zero attached hydrogens (tertiary/aromatic N) is 4. The zero-order chi connectivity index (χ0) is 7.84. The van der Waals surface area contributed by atoms with Crippen LogP contribution >= 0.6 is 0 Å². The largest absolute Gasteiger partial charge is 0.398 e. The topological polar surface area (TPSA) is 44.9 Å². The van der Waals surface area contributed by atoms with E-state index in [9.17, 15) is 0 Å². The molecule has 0 spiro atoms. The van der Waals surface area contributed by atoms with E-state index in [1.54, 1.807) is 4.90 Å². The summed E-state index contributed by atoms with van der Waals surface area (Å²) >= 11 is 0.909. The summed E-state index contributed by atoms with van der Waals surface area (Å²) in [6.45, 7) is 1.49. The van der Waals surface area contributed by atoms with Crippen molar-refractivity contribution >= 4 is 16.5 Å². The van der Waals surface area contributed by atoms with Crippen molar-refractivity contribution < 1.29 is 0 Å². The molecule has 2 rings (SSSR count). The van der Waals surface area contributed by atoms with Gasteiger partial charge in [-0.15, -0.1) is 0 Å². The van der Waals surface area contributed by atoms with Crippen molar-refractivity contribution in [1.82, 2.24) is 13.7 Å². The number of rotatable bonds is 0. The maximum absolute atomic E-state index is 8.61. The number of fused-ring (bicyclic) bond motifs is 1. The summed E-state index contributed by atoms with van der Waals surface area (Å²) < 4.78 is 1.96. The van der Waals surface area contributed by atoms with Gasteiger partial charge in [-0.1, -0.05) is 0 Å². The second kappa shape index (κ2) is 2.27. The van der Waals surface area contributed by atoms with Gasteiger partial charge in [0.2, 0.25) is 0 Å². The minimum absolute atomic E-state index is 0.744. The lowest BCUT2D eigenvalue weighted by molar-refractivity contribution is 0.410. The number of nitriles is 1. The van der Waals surface area contributed by atoms with Gasteiger partial charge in [0, 0.05) is 11.3 Å². The van der Waals surface area contributed by atoms with Crippen LogP contribution in [0.25, 0.3) is 0 Å². The van der Waals surface area contributed by atoms with E-state index in [2.05, 4.69) is 11.3 Å². The van der Waals surface area contributed by atoms with Crippen molar-refractivity contribution in [1.29, 1.82) is 5.26 Å². The smallest absolute Gasteiger partial charge is 0.370 e.